The largest absolute Gasteiger partial charge is 0.496 e. The van der Waals surface area contributed by atoms with E-state index >= 15 is 4.79 Å². The van der Waals surface area contributed by atoms with Crippen molar-refractivity contribution in [3.63, 3.8) is 0 Å². The zero-order valence-corrected chi connectivity index (χ0v) is 26.3. The van der Waals surface area contributed by atoms with Crippen LogP contribution < -0.4 is 19.5 Å². The fraction of sp³-hybridized carbons (Fsp3) is 0.194. The quantitative estimate of drug-likeness (QED) is 0.227. The number of carbonyl (C=O) groups excluding carboxylic acids is 3. The summed E-state index contributed by atoms with van der Waals surface area (Å²) in [5, 5.41) is 3.07. The van der Waals surface area contributed by atoms with Gasteiger partial charge in [-0.3, -0.25) is 14.4 Å². The lowest BCUT2D eigenvalue weighted by Crippen LogP contribution is -2.49. The van der Waals surface area contributed by atoms with Crippen molar-refractivity contribution in [2.45, 2.75) is 17.5 Å². The Morgan fingerprint density at radius 1 is 0.800 bits per heavy atom. The van der Waals surface area contributed by atoms with Gasteiger partial charge in [-0.1, -0.05) is 42.5 Å². The molecule has 1 spiro atoms. The summed E-state index contributed by atoms with van der Waals surface area (Å²) in [5.74, 6) is -0.682. The van der Waals surface area contributed by atoms with Crippen LogP contribution >= 0.6 is 15.9 Å². The monoisotopic (exact) mass is 664 g/mol. The lowest BCUT2D eigenvalue weighted by Gasteiger charge is -2.38. The minimum Gasteiger partial charge on any atom is -0.496 e. The first-order valence-electron chi connectivity index (χ1n) is 14.4. The SMILES string of the molecule is COc1ccc(C(=O)[C@@H]2[C@H](C(=O)c3ccc(OC)c(OC)c3)[C@]3(C(=O)Nc4ccccc43)[C@H]3c4ccccc4C=CN23)cc1Br. The Hall–Kier alpha value is -4.89. The molecular weight excluding hydrogens is 636 g/mol. The van der Waals surface area contributed by atoms with Gasteiger partial charge in [-0.25, -0.2) is 0 Å². The zero-order chi connectivity index (χ0) is 31.5. The van der Waals surface area contributed by atoms with E-state index in [2.05, 4.69) is 21.2 Å². The zero-order valence-electron chi connectivity index (χ0n) is 24.7. The summed E-state index contributed by atoms with van der Waals surface area (Å²) in [4.78, 5) is 46.5. The van der Waals surface area contributed by atoms with Crippen molar-refractivity contribution < 1.29 is 28.6 Å². The van der Waals surface area contributed by atoms with Crippen LogP contribution in [0.25, 0.3) is 6.08 Å². The summed E-state index contributed by atoms with van der Waals surface area (Å²) >= 11 is 3.51. The Morgan fingerprint density at radius 2 is 1.47 bits per heavy atom. The molecule has 0 aliphatic carbocycles. The Labute approximate surface area is 268 Å². The van der Waals surface area contributed by atoms with Crippen molar-refractivity contribution in [1.82, 2.24) is 4.90 Å². The Morgan fingerprint density at radius 3 is 2.20 bits per heavy atom. The molecule has 1 saturated heterocycles. The minimum atomic E-state index is -1.44. The number of nitrogens with one attached hydrogen (secondary N) is 1. The van der Waals surface area contributed by atoms with Gasteiger partial charge < -0.3 is 24.4 Å². The third-order valence-corrected chi connectivity index (χ3v) is 9.85. The number of halogens is 1. The van der Waals surface area contributed by atoms with E-state index in [-0.39, 0.29) is 17.5 Å². The van der Waals surface area contributed by atoms with Gasteiger partial charge in [0.1, 0.15) is 17.2 Å². The summed E-state index contributed by atoms with van der Waals surface area (Å²) < 4.78 is 17.0. The second kappa shape index (κ2) is 10.9. The molecular formula is C36H29BrN2O6. The van der Waals surface area contributed by atoms with Crippen molar-refractivity contribution in [2.24, 2.45) is 5.92 Å². The van der Waals surface area contributed by atoms with E-state index in [1.54, 1.807) is 43.5 Å². The number of ether oxygens (including phenoxy) is 3. The number of para-hydroxylation sites is 1. The number of methoxy groups -OCH3 is 3. The average Bonchev–Trinajstić information content (AvgIpc) is 3.55. The van der Waals surface area contributed by atoms with E-state index in [0.717, 1.165) is 11.1 Å². The van der Waals surface area contributed by atoms with Gasteiger partial charge in [-0.15, -0.1) is 0 Å². The number of ketones is 2. The number of rotatable bonds is 7. The minimum absolute atomic E-state index is 0.291. The maximum atomic E-state index is 15.1. The van der Waals surface area contributed by atoms with Crippen LogP contribution in [0.1, 0.15) is 43.4 Å². The summed E-state index contributed by atoms with van der Waals surface area (Å²) in [6.07, 6.45) is 3.79. The van der Waals surface area contributed by atoms with Crippen molar-refractivity contribution >= 4 is 45.2 Å². The highest BCUT2D eigenvalue weighted by Gasteiger charge is 2.70. The van der Waals surface area contributed by atoms with Gasteiger partial charge in [0, 0.05) is 23.0 Å². The topological polar surface area (TPSA) is 94.2 Å². The third-order valence-electron chi connectivity index (χ3n) is 9.23. The molecule has 8 nitrogen and oxygen atoms in total. The van der Waals surface area contributed by atoms with Crippen LogP contribution in [0.15, 0.2) is 95.6 Å². The van der Waals surface area contributed by atoms with Crippen LogP contribution in [-0.2, 0) is 10.2 Å². The van der Waals surface area contributed by atoms with Crippen LogP contribution in [0.5, 0.6) is 17.2 Å². The third kappa shape index (κ3) is 4.14. The van der Waals surface area contributed by atoms with Gasteiger partial charge in [0.25, 0.3) is 0 Å². The highest BCUT2D eigenvalue weighted by atomic mass is 79.9. The summed E-state index contributed by atoms with van der Waals surface area (Å²) in [6.45, 7) is 0. The van der Waals surface area contributed by atoms with E-state index in [9.17, 15) is 9.59 Å². The summed E-state index contributed by atoms with van der Waals surface area (Å²) in [6, 6.07) is 23.6. The average molecular weight is 666 g/mol. The normalized spacial score (nSPS) is 22.4. The molecule has 4 aromatic rings. The van der Waals surface area contributed by atoms with E-state index < -0.39 is 23.4 Å². The fourth-order valence-corrected chi connectivity index (χ4v) is 7.87. The van der Waals surface area contributed by atoms with E-state index in [1.165, 1.54) is 14.2 Å². The Kier molecular flexibility index (Phi) is 7.00. The van der Waals surface area contributed by atoms with Gasteiger partial charge in [0.15, 0.2) is 23.1 Å². The molecule has 1 fully saturated rings. The first-order chi connectivity index (χ1) is 21.8. The molecule has 7 rings (SSSR count). The van der Waals surface area contributed by atoms with Gasteiger partial charge in [-0.2, -0.15) is 0 Å². The van der Waals surface area contributed by atoms with Crippen LogP contribution in [-0.4, -0.2) is 49.7 Å². The first-order valence-corrected chi connectivity index (χ1v) is 15.2. The molecule has 9 heteroatoms. The maximum absolute atomic E-state index is 15.1. The van der Waals surface area contributed by atoms with Crippen LogP contribution in [0.2, 0.25) is 0 Å². The number of hydrogen-bond acceptors (Lipinski definition) is 7. The number of Topliss-reactive ketones (excluding diaryl/α,β-unsaturated/α-hetero) is 2. The molecule has 226 valence electrons. The van der Waals surface area contributed by atoms with Crippen LogP contribution in [0.3, 0.4) is 0 Å². The lowest BCUT2D eigenvalue weighted by atomic mass is 9.62. The molecule has 0 saturated carbocycles. The molecule has 1 amide bonds. The molecule has 3 aliphatic heterocycles. The molecule has 45 heavy (non-hydrogen) atoms. The van der Waals surface area contributed by atoms with Crippen molar-refractivity contribution in [2.75, 3.05) is 26.6 Å². The fourth-order valence-electron chi connectivity index (χ4n) is 7.33. The number of hydrogen-bond donors (Lipinski definition) is 1. The predicted octanol–water partition coefficient (Wildman–Crippen LogP) is 6.46. The van der Waals surface area contributed by atoms with Crippen molar-refractivity contribution in [1.29, 1.82) is 0 Å². The number of nitrogens with zero attached hydrogens (tertiary/aromatic N) is 1. The second-order valence-corrected chi connectivity index (χ2v) is 12.1. The van der Waals surface area contributed by atoms with Gasteiger partial charge in [0.05, 0.1) is 37.8 Å². The number of carbonyl (C=O) groups is 3. The highest BCUT2D eigenvalue weighted by molar-refractivity contribution is 9.10. The molecule has 4 atom stereocenters. The van der Waals surface area contributed by atoms with Gasteiger partial charge >= 0.3 is 0 Å². The molecule has 0 bridgehead atoms. The van der Waals surface area contributed by atoms with E-state index in [0.29, 0.717) is 44.1 Å². The van der Waals surface area contributed by atoms with Gasteiger partial charge in [-0.05, 0) is 81.2 Å². The highest BCUT2D eigenvalue weighted by Crippen LogP contribution is 2.62. The number of benzene rings is 4. The lowest BCUT2D eigenvalue weighted by molar-refractivity contribution is -0.122. The molecule has 3 heterocycles. The first kappa shape index (κ1) is 28.9. The molecule has 0 radical (unpaired) electrons. The standard InChI is InChI=1S/C36H29BrN2O6/c1-43-27-14-12-21(18-25(27)37)33(41)31-30(32(40)22-13-15-28(44-2)29(19-22)45-3)36(24-10-6-7-11-26(24)38-35(36)42)34-23-9-5-4-8-20(23)16-17-39(31)34/h4-19,30-31,34H,1-3H3,(H,38,42)/t30-,31+,34-,36+/m1/s1. The van der Waals surface area contributed by atoms with E-state index in [4.69, 9.17) is 14.2 Å². The summed E-state index contributed by atoms with van der Waals surface area (Å²) in [7, 11) is 4.57. The Bertz CT molecular complexity index is 1920. The number of fused-ring (bicyclic) bond motifs is 6. The van der Waals surface area contributed by atoms with Crippen molar-refractivity contribution in [3.8, 4) is 17.2 Å². The molecule has 0 unspecified atom stereocenters. The predicted molar refractivity (Wildman–Crippen MR) is 173 cm³/mol. The van der Waals surface area contributed by atoms with Crippen molar-refractivity contribution in [3.05, 3.63) is 123 Å². The molecule has 0 aromatic heterocycles. The molecule has 1 N–H and O–H groups in total. The van der Waals surface area contributed by atoms with Gasteiger partial charge in [0.2, 0.25) is 5.91 Å². The summed E-state index contributed by atoms with van der Waals surface area (Å²) in [5.41, 5.74) is 2.34. The molecule has 4 aromatic carbocycles. The number of anilines is 1. The number of amides is 1. The smallest absolute Gasteiger partial charge is 0.238 e. The van der Waals surface area contributed by atoms with Crippen LogP contribution in [0.4, 0.5) is 5.69 Å². The van der Waals surface area contributed by atoms with E-state index in [1.807, 2.05) is 65.7 Å². The Balaban J connectivity index is 1.51. The van der Waals surface area contributed by atoms with Crippen LogP contribution in [0, 0.1) is 5.92 Å². The molecule has 3 aliphatic rings. The second-order valence-electron chi connectivity index (χ2n) is 11.2. The maximum Gasteiger partial charge on any atom is 0.238 e.